The molecular weight excluding hydrogens is 448 g/mol. The molecule has 0 amide bonds. The van der Waals surface area contributed by atoms with Gasteiger partial charge in [0.15, 0.2) is 6.61 Å². The van der Waals surface area contributed by atoms with E-state index in [0.29, 0.717) is 11.7 Å². The van der Waals surface area contributed by atoms with Crippen LogP contribution in [-0.4, -0.2) is 23.3 Å². The first-order chi connectivity index (χ1) is 17.0. The quantitative estimate of drug-likeness (QED) is 0.321. The van der Waals surface area contributed by atoms with Crippen molar-refractivity contribution in [3.63, 3.8) is 0 Å². The minimum Gasteiger partial charge on any atom is -0.483 e. The van der Waals surface area contributed by atoms with Crippen LogP contribution in [0.4, 0.5) is 0 Å². The van der Waals surface area contributed by atoms with Crippen LogP contribution in [0.25, 0.3) is 0 Å². The molecule has 0 spiro atoms. The van der Waals surface area contributed by atoms with Gasteiger partial charge in [0.25, 0.3) is 0 Å². The van der Waals surface area contributed by atoms with Crippen molar-refractivity contribution >= 4 is 5.97 Å². The molecule has 1 aromatic rings. The Hall–Kier alpha value is -1.97. The molecule has 2 atom stereocenters. The van der Waals surface area contributed by atoms with Gasteiger partial charge in [-0.1, -0.05) is 87.7 Å². The van der Waals surface area contributed by atoms with Gasteiger partial charge in [-0.2, -0.15) is 0 Å². The number of benzene rings is 1. The van der Waals surface area contributed by atoms with Crippen LogP contribution >= 0.6 is 0 Å². The summed E-state index contributed by atoms with van der Waals surface area (Å²) in [6.07, 6.45) is 11.3. The molecule has 2 rings (SSSR count). The fourth-order valence-electron chi connectivity index (χ4n) is 4.26. The van der Waals surface area contributed by atoms with Crippen LogP contribution in [0.1, 0.15) is 124 Å². The zero-order valence-electron chi connectivity index (χ0n) is 25.9. The Bertz CT molecular complexity index is 779. The SMILES string of the molecule is CC.CC.CC.Cc1c(C)c2c(c(C)c1OCC(=O)O)CCC(C)(/C=C/CC(C)CCCC(C)C)O2. The zero-order chi connectivity index (χ0) is 28.5. The molecule has 1 aliphatic heterocycles. The highest BCUT2D eigenvalue weighted by Gasteiger charge is 2.33. The van der Waals surface area contributed by atoms with Gasteiger partial charge in [0, 0.05) is 5.56 Å². The van der Waals surface area contributed by atoms with Gasteiger partial charge in [0.2, 0.25) is 0 Å². The summed E-state index contributed by atoms with van der Waals surface area (Å²) >= 11 is 0. The van der Waals surface area contributed by atoms with E-state index in [-0.39, 0.29) is 12.2 Å². The van der Waals surface area contributed by atoms with Crippen molar-refractivity contribution in [2.24, 2.45) is 11.8 Å². The third-order valence-corrected chi connectivity index (χ3v) is 6.34. The molecule has 1 aromatic carbocycles. The van der Waals surface area contributed by atoms with Gasteiger partial charge in [-0.15, -0.1) is 0 Å². The maximum Gasteiger partial charge on any atom is 0.341 e. The van der Waals surface area contributed by atoms with E-state index >= 15 is 0 Å². The van der Waals surface area contributed by atoms with E-state index in [0.717, 1.165) is 53.2 Å². The Labute approximate surface area is 223 Å². The highest BCUT2D eigenvalue weighted by Crippen LogP contribution is 2.44. The molecule has 0 bridgehead atoms. The topological polar surface area (TPSA) is 55.8 Å². The van der Waals surface area contributed by atoms with Crippen molar-refractivity contribution in [1.82, 2.24) is 0 Å². The predicted octanol–water partition coefficient (Wildman–Crippen LogP) is 9.65. The second-order valence-corrected chi connectivity index (χ2v) is 9.68. The smallest absolute Gasteiger partial charge is 0.341 e. The number of ether oxygens (including phenoxy) is 2. The van der Waals surface area contributed by atoms with Crippen LogP contribution in [0.5, 0.6) is 11.5 Å². The first-order valence-electron chi connectivity index (χ1n) is 14.4. The van der Waals surface area contributed by atoms with Crippen molar-refractivity contribution in [2.75, 3.05) is 6.61 Å². The summed E-state index contributed by atoms with van der Waals surface area (Å²) in [4.78, 5) is 10.9. The zero-order valence-corrected chi connectivity index (χ0v) is 25.9. The molecule has 0 fully saturated rings. The molecule has 0 aromatic heterocycles. The number of aliphatic carboxylic acids is 1. The van der Waals surface area contributed by atoms with Crippen LogP contribution in [0.2, 0.25) is 0 Å². The summed E-state index contributed by atoms with van der Waals surface area (Å²) in [7, 11) is 0. The monoisotopic (exact) mass is 506 g/mol. The lowest BCUT2D eigenvalue weighted by molar-refractivity contribution is -0.139. The van der Waals surface area contributed by atoms with Gasteiger partial charge in [0.1, 0.15) is 17.1 Å². The third kappa shape index (κ3) is 11.8. The Morgan fingerprint density at radius 1 is 1.00 bits per heavy atom. The summed E-state index contributed by atoms with van der Waals surface area (Å²) in [5, 5.41) is 8.97. The number of hydrogen-bond donors (Lipinski definition) is 1. The first kappa shape index (κ1) is 36.2. The van der Waals surface area contributed by atoms with Crippen LogP contribution in [-0.2, 0) is 11.2 Å². The number of carboxylic acid groups (broad SMARTS) is 1. The second-order valence-electron chi connectivity index (χ2n) is 9.68. The lowest BCUT2D eigenvalue weighted by atomic mass is 9.86. The van der Waals surface area contributed by atoms with Crippen molar-refractivity contribution in [1.29, 1.82) is 0 Å². The summed E-state index contributed by atoms with van der Waals surface area (Å²) in [6.45, 7) is 26.8. The average molecular weight is 507 g/mol. The molecule has 0 aliphatic carbocycles. The molecule has 210 valence electrons. The number of carbonyl (C=O) groups is 1. The molecule has 1 heterocycles. The molecule has 1 aliphatic rings. The van der Waals surface area contributed by atoms with Crippen molar-refractivity contribution in [3.05, 3.63) is 34.4 Å². The van der Waals surface area contributed by atoms with Gasteiger partial charge >= 0.3 is 5.97 Å². The highest BCUT2D eigenvalue weighted by atomic mass is 16.5. The standard InChI is InChI=1S/C26H40O4.3C2H6/c1-17(2)10-8-11-18(3)12-9-14-26(7)15-13-22-21(6)24(29-16-23(27)28)19(4)20(5)25(22)30-26;3*1-2/h9,14,17-18H,8,10-13,15-16H2,1-7H3,(H,27,28);3*1-2H3/b14-9+;;;. The van der Waals surface area contributed by atoms with Gasteiger partial charge in [0.05, 0.1) is 0 Å². The van der Waals surface area contributed by atoms with E-state index in [4.69, 9.17) is 14.6 Å². The van der Waals surface area contributed by atoms with Gasteiger partial charge in [-0.05, 0) is 81.6 Å². The lowest BCUT2D eigenvalue weighted by Gasteiger charge is -2.36. The maximum atomic E-state index is 10.9. The minimum atomic E-state index is -0.962. The van der Waals surface area contributed by atoms with Gasteiger partial charge < -0.3 is 14.6 Å². The fraction of sp³-hybridized carbons (Fsp3) is 0.719. The molecule has 0 saturated carbocycles. The lowest BCUT2D eigenvalue weighted by Crippen LogP contribution is -2.35. The van der Waals surface area contributed by atoms with Crippen LogP contribution in [0.3, 0.4) is 0 Å². The Morgan fingerprint density at radius 3 is 2.11 bits per heavy atom. The van der Waals surface area contributed by atoms with Crippen molar-refractivity contribution in [2.45, 2.75) is 134 Å². The average Bonchev–Trinajstić information content (AvgIpc) is 2.86. The van der Waals surface area contributed by atoms with E-state index in [9.17, 15) is 4.79 Å². The van der Waals surface area contributed by atoms with Gasteiger partial charge in [-0.3, -0.25) is 0 Å². The van der Waals surface area contributed by atoms with Crippen molar-refractivity contribution < 1.29 is 19.4 Å². The van der Waals surface area contributed by atoms with E-state index in [1.54, 1.807) is 0 Å². The first-order valence-corrected chi connectivity index (χ1v) is 14.4. The Kier molecular flexibility index (Phi) is 19.3. The molecule has 4 nitrogen and oxygen atoms in total. The molecular formula is C32H58O4. The number of carboxylic acids is 1. The summed E-state index contributed by atoms with van der Waals surface area (Å²) in [5.41, 5.74) is 3.83. The van der Waals surface area contributed by atoms with Crippen LogP contribution in [0.15, 0.2) is 12.2 Å². The molecule has 0 saturated heterocycles. The largest absolute Gasteiger partial charge is 0.483 e. The van der Waals surface area contributed by atoms with E-state index in [1.165, 1.54) is 19.3 Å². The maximum absolute atomic E-state index is 10.9. The predicted molar refractivity (Wildman–Crippen MR) is 157 cm³/mol. The van der Waals surface area contributed by atoms with Crippen molar-refractivity contribution in [3.8, 4) is 11.5 Å². The fourth-order valence-corrected chi connectivity index (χ4v) is 4.26. The summed E-state index contributed by atoms with van der Waals surface area (Å²) in [5.74, 6) is 2.14. The normalized spacial score (nSPS) is 16.8. The number of allylic oxidation sites excluding steroid dienone is 1. The number of rotatable bonds is 10. The molecule has 2 unspecified atom stereocenters. The van der Waals surface area contributed by atoms with E-state index < -0.39 is 5.97 Å². The Morgan fingerprint density at radius 2 is 1.58 bits per heavy atom. The van der Waals surface area contributed by atoms with E-state index in [1.807, 2.05) is 62.3 Å². The van der Waals surface area contributed by atoms with Crippen LogP contribution < -0.4 is 9.47 Å². The van der Waals surface area contributed by atoms with Crippen LogP contribution in [0, 0.1) is 32.6 Å². The number of fused-ring (bicyclic) bond motifs is 1. The minimum absolute atomic E-state index is 0.308. The molecule has 36 heavy (non-hydrogen) atoms. The van der Waals surface area contributed by atoms with E-state index in [2.05, 4.69) is 39.8 Å². The second kappa shape index (κ2) is 19.2. The molecule has 4 heteroatoms. The Balaban J connectivity index is 0. The molecule has 0 radical (unpaired) electrons. The molecule has 1 N–H and O–H groups in total. The van der Waals surface area contributed by atoms with Gasteiger partial charge in [-0.25, -0.2) is 4.79 Å². The summed E-state index contributed by atoms with van der Waals surface area (Å²) < 4.78 is 12.1. The highest BCUT2D eigenvalue weighted by molar-refractivity contribution is 5.69. The number of hydrogen-bond acceptors (Lipinski definition) is 3. The summed E-state index contributed by atoms with van der Waals surface area (Å²) in [6, 6.07) is 0. The third-order valence-electron chi connectivity index (χ3n) is 6.34.